The first kappa shape index (κ1) is 57.1. The number of aliphatic imine (C=N–C) groups is 2. The van der Waals surface area contributed by atoms with Gasteiger partial charge in [0.2, 0.25) is 0 Å². The second-order valence-corrected chi connectivity index (χ2v) is 20.7. The van der Waals surface area contributed by atoms with Gasteiger partial charge in [0.25, 0.3) is 43.7 Å². The molecule has 0 saturated carbocycles. The SMILES string of the molecule is CC[C@@H](N=C1NS(=O)(=O)C(C(=O)N(C)C)=C1Nc1ccc(C(F)(F)F)c(C(=O)N(C)C)c1O)c1ccc(C)o1.CC[C@@H](N=C1NS(=O)(=O)C(C(=O)N(C)C)=C1Nc1cccc(C(=O)N(C)C)c1O)c1ccc(C)o1. The zero-order chi connectivity index (χ0) is 55.5. The van der Waals surface area contributed by atoms with E-state index >= 15 is 0 Å². The number of furan rings is 2. The summed E-state index contributed by atoms with van der Waals surface area (Å²) in [5.41, 5.74) is -3.43. The van der Waals surface area contributed by atoms with Crippen molar-refractivity contribution in [3.05, 3.63) is 116 Å². The number of hydrogen-bond acceptors (Lipinski definition) is 16. The molecule has 0 fully saturated rings. The molecule has 6 rings (SSSR count). The Morgan fingerprint density at radius 2 is 1.01 bits per heavy atom. The van der Waals surface area contributed by atoms with Gasteiger partial charge < -0.3 is 49.3 Å². The summed E-state index contributed by atoms with van der Waals surface area (Å²) in [5.74, 6) is -3.08. The van der Waals surface area contributed by atoms with Crippen LogP contribution in [-0.4, -0.2) is 138 Å². The smallest absolute Gasteiger partial charge is 0.417 e. The molecule has 4 amide bonds. The third kappa shape index (κ3) is 12.2. The van der Waals surface area contributed by atoms with Crippen molar-refractivity contribution in [1.82, 2.24) is 29.0 Å². The quantitative estimate of drug-likeness (QED) is 0.0863. The molecule has 22 nitrogen and oxygen atoms in total. The lowest BCUT2D eigenvalue weighted by molar-refractivity contribution is -0.138. The number of amides is 4. The monoisotopic (exact) mass is 1070 g/mol. The van der Waals surface area contributed by atoms with Gasteiger partial charge in [0, 0.05) is 56.4 Å². The summed E-state index contributed by atoms with van der Waals surface area (Å²) < 4.78 is 109. The molecule has 2 aromatic carbocycles. The highest BCUT2D eigenvalue weighted by Gasteiger charge is 2.44. The summed E-state index contributed by atoms with van der Waals surface area (Å²) in [6.45, 7) is 7.12. The van der Waals surface area contributed by atoms with Gasteiger partial charge in [0.15, 0.2) is 33.0 Å². The summed E-state index contributed by atoms with van der Waals surface area (Å²) in [5, 5.41) is 27.0. The van der Waals surface area contributed by atoms with Gasteiger partial charge in [-0.1, -0.05) is 19.9 Å². The van der Waals surface area contributed by atoms with Crippen molar-refractivity contribution in [3.8, 4) is 11.5 Å². The number of anilines is 2. The predicted octanol–water partition coefficient (Wildman–Crippen LogP) is 5.40. The van der Waals surface area contributed by atoms with Crippen molar-refractivity contribution >= 4 is 66.7 Å². The van der Waals surface area contributed by atoms with Crippen LogP contribution in [0.15, 0.2) is 94.6 Å². The number of likely N-dealkylation sites (N-methyl/N-ethyl adjacent to an activating group) is 2. The molecule has 400 valence electrons. The van der Waals surface area contributed by atoms with E-state index in [9.17, 15) is 59.4 Å². The van der Waals surface area contributed by atoms with E-state index in [0.717, 1.165) is 20.8 Å². The van der Waals surface area contributed by atoms with Crippen molar-refractivity contribution in [1.29, 1.82) is 0 Å². The average Bonchev–Trinajstić information content (AvgIpc) is 4.06. The third-order valence-corrected chi connectivity index (χ3v) is 13.7. The Bertz CT molecular complexity index is 3230. The number of amidine groups is 2. The van der Waals surface area contributed by atoms with Gasteiger partial charge in [-0.3, -0.25) is 38.6 Å². The molecule has 0 radical (unpaired) electrons. The zero-order valence-corrected chi connectivity index (χ0v) is 44.0. The Morgan fingerprint density at radius 3 is 1.36 bits per heavy atom. The molecule has 6 N–H and O–H groups in total. The number of alkyl halides is 3. The summed E-state index contributed by atoms with van der Waals surface area (Å²) in [6.07, 6.45) is -4.14. The fourth-order valence-corrected chi connectivity index (χ4v) is 9.87. The molecular formula is C47H57F3N10O12S2. The number of nitrogens with one attached hydrogen (secondary N) is 4. The number of benzene rings is 2. The standard InChI is InChI=1S/C24H28F3N5O6S.C23H29N5O6S/c1-7-14(16-11-8-12(2)38-16)29-21-18(20(23(35)32(5)6)39(36,37)30-21)28-15-10-9-13(24(25,26)27)17(19(15)33)22(34)31(3)4;1-7-15(17-12-11-13(2)34-17)25-21-18(20(23(31)28(5)6)35(32,33)26-21)24-16-10-8-9-14(19(16)29)22(30)27(3)4/h8-11,14,28,33H,7H2,1-6H3,(H,29,30);8-12,15,24,29H,7H2,1-6H3,(H,25,26)/t14-;15-/m11/s1. The van der Waals surface area contributed by atoms with Crippen LogP contribution in [0.25, 0.3) is 0 Å². The topological polar surface area (TPSA) is 289 Å². The summed E-state index contributed by atoms with van der Waals surface area (Å²) in [6, 6.07) is 11.5. The number of rotatable bonds is 14. The van der Waals surface area contributed by atoms with E-state index < -0.39 is 106 Å². The first-order chi connectivity index (χ1) is 34.4. The number of para-hydroxylation sites is 1. The van der Waals surface area contributed by atoms with E-state index in [0.29, 0.717) is 41.9 Å². The number of phenolic OH excluding ortho intramolecular Hbond substituents is 2. The van der Waals surface area contributed by atoms with Crippen LogP contribution in [0.2, 0.25) is 0 Å². The van der Waals surface area contributed by atoms with Crippen LogP contribution in [0.1, 0.15) is 88.1 Å². The minimum Gasteiger partial charge on any atom is -0.505 e. The Morgan fingerprint density at radius 1 is 0.608 bits per heavy atom. The molecule has 2 atom stereocenters. The van der Waals surface area contributed by atoms with Crippen molar-refractivity contribution in [2.75, 3.05) is 67.0 Å². The molecule has 27 heteroatoms. The van der Waals surface area contributed by atoms with Crippen LogP contribution >= 0.6 is 0 Å². The highest BCUT2D eigenvalue weighted by molar-refractivity contribution is 7.95. The van der Waals surface area contributed by atoms with Crippen molar-refractivity contribution in [2.45, 2.75) is 58.8 Å². The molecule has 4 aromatic rings. The second kappa shape index (κ2) is 22.1. The fourth-order valence-electron chi connectivity index (χ4n) is 7.19. The minimum absolute atomic E-state index is 0.00545. The molecule has 0 aliphatic carbocycles. The summed E-state index contributed by atoms with van der Waals surface area (Å²) in [7, 11) is 2.19. The number of nitrogens with zero attached hydrogens (tertiary/aromatic N) is 6. The highest BCUT2D eigenvalue weighted by Crippen LogP contribution is 2.41. The van der Waals surface area contributed by atoms with Crippen molar-refractivity contribution in [3.63, 3.8) is 0 Å². The Hall–Kier alpha value is -7.81. The number of aromatic hydroxyl groups is 2. The van der Waals surface area contributed by atoms with Gasteiger partial charge in [-0.05, 0) is 75.2 Å². The number of phenols is 2. The number of carbonyl (C=O) groups is 4. The second-order valence-electron chi connectivity index (χ2n) is 17.5. The maximum atomic E-state index is 13.7. The van der Waals surface area contributed by atoms with E-state index in [1.165, 1.54) is 79.5 Å². The maximum Gasteiger partial charge on any atom is 0.417 e. The lowest BCUT2D eigenvalue weighted by atomic mass is 10.0. The first-order valence-electron chi connectivity index (χ1n) is 22.4. The summed E-state index contributed by atoms with van der Waals surface area (Å²) in [4.78, 5) is 62.8. The Labute approximate surface area is 425 Å². The lowest BCUT2D eigenvalue weighted by Crippen LogP contribution is -2.30. The molecule has 74 heavy (non-hydrogen) atoms. The molecule has 2 aromatic heterocycles. The van der Waals surface area contributed by atoms with Crippen LogP contribution < -0.4 is 20.1 Å². The van der Waals surface area contributed by atoms with E-state index in [2.05, 4.69) is 30.1 Å². The molecular weight excluding hydrogens is 1020 g/mol. The Kier molecular flexibility index (Phi) is 17.1. The van der Waals surface area contributed by atoms with E-state index in [-0.39, 0.29) is 28.6 Å². The largest absolute Gasteiger partial charge is 0.505 e. The first-order valence-corrected chi connectivity index (χ1v) is 25.3. The van der Waals surface area contributed by atoms with E-state index in [4.69, 9.17) is 8.83 Å². The predicted molar refractivity (Wildman–Crippen MR) is 268 cm³/mol. The van der Waals surface area contributed by atoms with E-state index in [1.807, 2.05) is 6.92 Å². The van der Waals surface area contributed by atoms with Crippen LogP contribution in [-0.2, 0) is 35.8 Å². The Balaban J connectivity index is 0.000000276. The van der Waals surface area contributed by atoms with Gasteiger partial charge in [0.1, 0.15) is 46.5 Å². The average molecular weight is 1080 g/mol. The molecule has 0 unspecified atom stereocenters. The third-order valence-electron chi connectivity index (χ3n) is 10.9. The van der Waals surface area contributed by atoms with Crippen molar-refractivity contribution in [2.24, 2.45) is 9.98 Å². The van der Waals surface area contributed by atoms with Crippen LogP contribution in [0.5, 0.6) is 11.5 Å². The number of sulfonamides is 2. The number of aryl methyl sites for hydroxylation is 2. The van der Waals surface area contributed by atoms with Gasteiger partial charge in [-0.25, -0.2) is 16.8 Å². The number of hydrogen-bond donors (Lipinski definition) is 6. The normalized spacial score (nSPS) is 16.7. The van der Waals surface area contributed by atoms with Gasteiger partial charge in [0.05, 0.1) is 28.1 Å². The summed E-state index contributed by atoms with van der Waals surface area (Å²) >= 11 is 0. The maximum absolute atomic E-state index is 13.7. The van der Waals surface area contributed by atoms with E-state index in [1.54, 1.807) is 45.0 Å². The molecule has 0 saturated heterocycles. The molecule has 2 aliphatic heterocycles. The molecule has 0 spiro atoms. The van der Waals surface area contributed by atoms with Gasteiger partial charge in [-0.2, -0.15) is 13.2 Å². The lowest BCUT2D eigenvalue weighted by Gasteiger charge is -2.20. The van der Waals surface area contributed by atoms with Crippen molar-refractivity contribution < 1.29 is 68.2 Å². The molecule has 2 aliphatic rings. The highest BCUT2D eigenvalue weighted by atomic mass is 32.2. The molecule has 0 bridgehead atoms. The van der Waals surface area contributed by atoms with Crippen LogP contribution in [0.3, 0.4) is 0 Å². The number of halogens is 3. The van der Waals surface area contributed by atoms with Gasteiger partial charge in [-0.15, -0.1) is 0 Å². The molecule has 4 heterocycles. The van der Waals surface area contributed by atoms with Crippen LogP contribution in [0.4, 0.5) is 24.5 Å². The van der Waals surface area contributed by atoms with Gasteiger partial charge >= 0.3 is 6.18 Å². The fraction of sp³-hybridized carbons (Fsp3) is 0.362. The van der Waals surface area contributed by atoms with Crippen LogP contribution in [0, 0.1) is 13.8 Å². The minimum atomic E-state index is -4.98. The zero-order valence-electron chi connectivity index (χ0n) is 42.4. The number of carbonyl (C=O) groups excluding carboxylic acids is 4.